The standard InChI is InChI=1S/C27H23FN2O7/c28-20-7-1-17(2-8-20)3-12-24(32)19-6-11-22-23(15-19)29-27(30(26(22)34)13-14-37-35)36-16-25(33)18-4-9-21(31)10-5-18/h1-2,4-11,15,31,35H,3,12-14,16H2. The highest BCUT2D eigenvalue weighted by Crippen LogP contribution is 2.18. The number of benzene rings is 3. The Labute approximate surface area is 210 Å². The fourth-order valence-corrected chi connectivity index (χ4v) is 3.73. The number of fused-ring (bicyclic) bond motifs is 1. The van der Waals surface area contributed by atoms with Gasteiger partial charge < -0.3 is 9.84 Å². The van der Waals surface area contributed by atoms with Crippen molar-refractivity contribution in [1.82, 2.24) is 9.55 Å². The summed E-state index contributed by atoms with van der Waals surface area (Å²) in [6.07, 6.45) is 0.591. The van der Waals surface area contributed by atoms with Crippen LogP contribution in [0.25, 0.3) is 10.9 Å². The largest absolute Gasteiger partial charge is 0.508 e. The smallest absolute Gasteiger partial charge is 0.300 e. The second-order valence-electron chi connectivity index (χ2n) is 8.22. The Kier molecular flexibility index (Phi) is 8.02. The van der Waals surface area contributed by atoms with Crippen LogP contribution in [0.4, 0.5) is 4.39 Å². The molecule has 1 heterocycles. The minimum absolute atomic E-state index is 0.00882. The predicted octanol–water partition coefficient (Wildman–Crippen LogP) is 3.81. The summed E-state index contributed by atoms with van der Waals surface area (Å²) in [5, 5.41) is 18.4. The van der Waals surface area contributed by atoms with Gasteiger partial charge in [-0.2, -0.15) is 4.98 Å². The highest BCUT2D eigenvalue weighted by Gasteiger charge is 2.17. The van der Waals surface area contributed by atoms with Crippen LogP contribution in [0.3, 0.4) is 0 Å². The zero-order valence-electron chi connectivity index (χ0n) is 19.6. The summed E-state index contributed by atoms with van der Waals surface area (Å²) in [5.74, 6) is -0.941. The zero-order chi connectivity index (χ0) is 26.4. The first-order chi connectivity index (χ1) is 17.9. The number of Topliss-reactive ketones (excluding diaryl/α,β-unsaturated/α-hetero) is 2. The average Bonchev–Trinajstić information content (AvgIpc) is 2.91. The van der Waals surface area contributed by atoms with E-state index in [1.165, 1.54) is 54.6 Å². The molecule has 0 spiro atoms. The Hall–Kier alpha value is -4.41. The average molecular weight is 506 g/mol. The maximum atomic E-state index is 13.1. The van der Waals surface area contributed by atoms with Crippen LogP contribution in [0.1, 0.15) is 32.7 Å². The number of phenolic OH excluding ortho intramolecular Hbond substituents is 1. The van der Waals surface area contributed by atoms with Crippen molar-refractivity contribution in [2.45, 2.75) is 19.4 Å². The van der Waals surface area contributed by atoms with E-state index in [1.807, 2.05) is 0 Å². The quantitative estimate of drug-likeness (QED) is 0.179. The number of rotatable bonds is 11. The second-order valence-corrected chi connectivity index (χ2v) is 8.22. The number of hydrogen-bond acceptors (Lipinski definition) is 8. The molecule has 0 saturated carbocycles. The van der Waals surface area contributed by atoms with Crippen LogP contribution >= 0.6 is 0 Å². The summed E-state index contributed by atoms with van der Waals surface area (Å²) in [6.45, 7) is -0.770. The fraction of sp³-hybridized carbons (Fsp3) is 0.185. The van der Waals surface area contributed by atoms with Gasteiger partial charge >= 0.3 is 0 Å². The van der Waals surface area contributed by atoms with Crippen molar-refractivity contribution in [3.63, 3.8) is 0 Å². The molecule has 0 saturated heterocycles. The van der Waals surface area contributed by atoms with Gasteiger partial charge in [-0.3, -0.25) is 24.2 Å². The number of aromatic nitrogens is 2. The molecule has 0 bridgehead atoms. The van der Waals surface area contributed by atoms with E-state index < -0.39 is 17.9 Å². The van der Waals surface area contributed by atoms with E-state index in [1.54, 1.807) is 12.1 Å². The van der Waals surface area contributed by atoms with Crippen LogP contribution in [0, 0.1) is 5.82 Å². The number of carbonyl (C=O) groups excluding carboxylic acids is 2. The Morgan fingerprint density at radius 2 is 1.65 bits per heavy atom. The molecule has 3 aromatic carbocycles. The Morgan fingerprint density at radius 3 is 2.35 bits per heavy atom. The third-order valence-corrected chi connectivity index (χ3v) is 5.72. The zero-order valence-corrected chi connectivity index (χ0v) is 19.6. The van der Waals surface area contributed by atoms with E-state index >= 15 is 0 Å². The molecule has 0 aliphatic heterocycles. The number of carbonyl (C=O) groups is 2. The molecule has 9 nitrogen and oxygen atoms in total. The molecule has 0 unspecified atom stereocenters. The van der Waals surface area contributed by atoms with Crippen LogP contribution in [0.5, 0.6) is 11.8 Å². The van der Waals surface area contributed by atoms with Crippen LogP contribution in [-0.4, -0.2) is 44.7 Å². The minimum Gasteiger partial charge on any atom is -0.508 e. The van der Waals surface area contributed by atoms with Crippen molar-refractivity contribution in [3.8, 4) is 11.8 Å². The number of phenols is 1. The number of ketones is 2. The second kappa shape index (κ2) is 11.5. The Balaban J connectivity index is 1.58. The lowest BCUT2D eigenvalue weighted by molar-refractivity contribution is -0.244. The number of ether oxygens (including phenoxy) is 1. The van der Waals surface area contributed by atoms with Gasteiger partial charge in [0.05, 0.1) is 17.4 Å². The lowest BCUT2D eigenvalue weighted by Crippen LogP contribution is -2.27. The van der Waals surface area contributed by atoms with Gasteiger partial charge in [0, 0.05) is 17.5 Å². The van der Waals surface area contributed by atoms with Gasteiger partial charge in [-0.1, -0.05) is 18.2 Å². The van der Waals surface area contributed by atoms with Gasteiger partial charge in [-0.25, -0.2) is 9.28 Å². The number of aromatic hydroxyl groups is 1. The van der Waals surface area contributed by atoms with Gasteiger partial charge in [0.1, 0.15) is 18.2 Å². The Bertz CT molecular complexity index is 1480. The number of nitrogens with zero attached hydrogens (tertiary/aromatic N) is 2. The SMILES string of the molecule is O=C(CCc1ccc(F)cc1)c1ccc2c(=O)n(CCOO)c(OCC(=O)c3ccc(O)cc3)nc2c1. The maximum absolute atomic E-state index is 13.1. The number of hydrogen-bond donors (Lipinski definition) is 2. The highest BCUT2D eigenvalue weighted by atomic mass is 19.1. The van der Waals surface area contributed by atoms with E-state index in [2.05, 4.69) is 9.87 Å². The van der Waals surface area contributed by atoms with Crippen molar-refractivity contribution >= 4 is 22.5 Å². The van der Waals surface area contributed by atoms with Gasteiger partial charge in [-0.15, -0.1) is 0 Å². The van der Waals surface area contributed by atoms with E-state index in [0.717, 1.165) is 10.1 Å². The third-order valence-electron chi connectivity index (χ3n) is 5.72. The monoisotopic (exact) mass is 506 g/mol. The molecule has 0 fully saturated rings. The van der Waals surface area contributed by atoms with Crippen LogP contribution < -0.4 is 10.3 Å². The van der Waals surface area contributed by atoms with Gasteiger partial charge in [-0.05, 0) is 60.5 Å². The summed E-state index contributed by atoms with van der Waals surface area (Å²) in [4.78, 5) is 46.8. The molecule has 4 aromatic rings. The third kappa shape index (κ3) is 6.24. The number of halogens is 1. The highest BCUT2D eigenvalue weighted by molar-refractivity contribution is 5.99. The molecule has 190 valence electrons. The molecule has 2 N–H and O–H groups in total. The molecule has 10 heteroatoms. The summed E-state index contributed by atoms with van der Waals surface area (Å²) in [7, 11) is 0. The summed E-state index contributed by atoms with van der Waals surface area (Å²) in [5.41, 5.74) is 1.14. The van der Waals surface area contributed by atoms with Crippen LogP contribution in [0.2, 0.25) is 0 Å². The van der Waals surface area contributed by atoms with Gasteiger partial charge in [0.15, 0.2) is 18.2 Å². The first kappa shape index (κ1) is 25.7. The molecule has 0 radical (unpaired) electrons. The van der Waals surface area contributed by atoms with E-state index in [4.69, 9.17) is 9.99 Å². The molecule has 0 atom stereocenters. The molecular formula is C27H23FN2O7. The van der Waals surface area contributed by atoms with E-state index in [0.29, 0.717) is 17.5 Å². The summed E-state index contributed by atoms with van der Waals surface area (Å²) >= 11 is 0. The molecule has 0 aliphatic rings. The lowest BCUT2D eigenvalue weighted by Gasteiger charge is -2.13. The van der Waals surface area contributed by atoms with Crippen LogP contribution in [-0.2, 0) is 17.9 Å². The van der Waals surface area contributed by atoms with Gasteiger partial charge in [0.25, 0.3) is 11.6 Å². The molecule has 4 rings (SSSR count). The van der Waals surface area contributed by atoms with Crippen molar-refractivity contribution in [3.05, 3.63) is 99.6 Å². The fourth-order valence-electron chi connectivity index (χ4n) is 3.73. The predicted molar refractivity (Wildman–Crippen MR) is 132 cm³/mol. The molecule has 1 aromatic heterocycles. The van der Waals surface area contributed by atoms with E-state index in [9.17, 15) is 23.9 Å². The molecule has 37 heavy (non-hydrogen) atoms. The Morgan fingerprint density at radius 1 is 0.946 bits per heavy atom. The first-order valence-electron chi connectivity index (χ1n) is 11.4. The van der Waals surface area contributed by atoms with Crippen LogP contribution in [0.15, 0.2) is 71.5 Å². The first-order valence-corrected chi connectivity index (χ1v) is 11.4. The molecule has 0 amide bonds. The van der Waals surface area contributed by atoms with Crippen molar-refractivity contribution < 1.29 is 34.0 Å². The normalized spacial score (nSPS) is 11.0. The van der Waals surface area contributed by atoms with Crippen molar-refractivity contribution in [1.29, 1.82) is 0 Å². The van der Waals surface area contributed by atoms with Crippen molar-refractivity contribution in [2.75, 3.05) is 13.2 Å². The number of aryl methyl sites for hydroxylation is 1. The van der Waals surface area contributed by atoms with Crippen molar-refractivity contribution in [2.24, 2.45) is 0 Å². The topological polar surface area (TPSA) is 128 Å². The van der Waals surface area contributed by atoms with E-state index in [-0.39, 0.29) is 53.8 Å². The summed E-state index contributed by atoms with van der Waals surface area (Å²) < 4.78 is 19.8. The summed E-state index contributed by atoms with van der Waals surface area (Å²) in [6, 6.07) is 15.8. The minimum atomic E-state index is -0.501. The molecular weight excluding hydrogens is 483 g/mol. The maximum Gasteiger partial charge on any atom is 0.300 e. The lowest BCUT2D eigenvalue weighted by atomic mass is 10.0. The van der Waals surface area contributed by atoms with Gasteiger partial charge in [0.2, 0.25) is 0 Å². The molecule has 0 aliphatic carbocycles.